The van der Waals surface area contributed by atoms with Crippen molar-refractivity contribution in [2.24, 2.45) is 0 Å². The topological polar surface area (TPSA) is 86.7 Å². The minimum atomic E-state index is -4.40. The number of nitrogens with zero attached hydrogens (tertiary/aromatic N) is 1. The van der Waals surface area contributed by atoms with Crippen LogP contribution in [0.1, 0.15) is 0 Å². The molecule has 0 unspecified atom stereocenters. The summed E-state index contributed by atoms with van der Waals surface area (Å²) in [6, 6.07) is 13.2. The van der Waals surface area contributed by atoms with Crippen LogP contribution in [0.25, 0.3) is 0 Å². The van der Waals surface area contributed by atoms with E-state index in [1.807, 2.05) is 0 Å². The minimum Gasteiger partial charge on any atom is -0.529 e. The number of carboxylic acid groups (broad SMARTS) is 1. The predicted molar refractivity (Wildman–Crippen MR) is 83.6 cm³/mol. The van der Waals surface area contributed by atoms with Crippen LogP contribution >= 0.6 is 0 Å². The van der Waals surface area contributed by atoms with E-state index in [9.17, 15) is 18.3 Å². The average molecular weight is 332 g/mol. The molecule has 2 aromatic carbocycles. The molecular weight excluding hydrogens is 318 g/mol. The molecule has 6 nitrogen and oxygen atoms in total. The van der Waals surface area contributed by atoms with E-state index in [0.717, 1.165) is 0 Å². The third kappa shape index (κ3) is 3.51. The Kier molecular flexibility index (Phi) is 5.02. The molecule has 2 aromatic rings. The standard InChI is InChI=1S/C16H15NO5S/c1-2-12-22-14-10-6-7-11-15(14)23(20,21)17(16(18)19)13-8-4-3-5-9-13/h2-11H,1,12H2,(H,18,19)/p-1. The molecule has 1 amide bonds. The van der Waals surface area contributed by atoms with E-state index in [0.29, 0.717) is 0 Å². The number of amides is 1. The molecule has 0 aliphatic rings. The maximum Gasteiger partial charge on any atom is 0.273 e. The first-order valence-corrected chi connectivity index (χ1v) is 8.06. The molecule has 0 fully saturated rings. The summed E-state index contributed by atoms with van der Waals surface area (Å²) in [6.45, 7) is 3.58. The Labute approximate surface area is 134 Å². The zero-order valence-corrected chi connectivity index (χ0v) is 12.9. The third-order valence-corrected chi connectivity index (χ3v) is 4.61. The van der Waals surface area contributed by atoms with Gasteiger partial charge in [-0.15, -0.1) is 0 Å². The second-order valence-corrected chi connectivity index (χ2v) is 6.17. The molecule has 0 heterocycles. The quantitative estimate of drug-likeness (QED) is 0.753. The van der Waals surface area contributed by atoms with Crippen LogP contribution < -0.4 is 14.1 Å². The molecule has 7 heteroatoms. The van der Waals surface area contributed by atoms with Gasteiger partial charge in [-0.3, -0.25) is 0 Å². The van der Waals surface area contributed by atoms with Gasteiger partial charge in [-0.2, -0.15) is 0 Å². The number of anilines is 1. The SMILES string of the molecule is C=CCOc1ccccc1S(=O)(=O)N(C(=O)[O-])c1ccccc1. The highest BCUT2D eigenvalue weighted by Crippen LogP contribution is 2.29. The van der Waals surface area contributed by atoms with Gasteiger partial charge >= 0.3 is 0 Å². The number of carbonyl (C=O) groups excluding carboxylic acids is 1. The molecule has 0 aromatic heterocycles. The number of rotatable bonds is 6. The van der Waals surface area contributed by atoms with Crippen LogP contribution in [0, 0.1) is 0 Å². The highest BCUT2D eigenvalue weighted by atomic mass is 32.2. The number of para-hydroxylation sites is 2. The number of hydrogen-bond acceptors (Lipinski definition) is 5. The lowest BCUT2D eigenvalue weighted by molar-refractivity contribution is -0.244. The van der Waals surface area contributed by atoms with Crippen LogP contribution in [-0.2, 0) is 10.0 Å². The first-order chi connectivity index (χ1) is 11.0. The van der Waals surface area contributed by atoms with E-state index in [2.05, 4.69) is 6.58 Å². The van der Waals surface area contributed by atoms with Crippen LogP contribution in [0.4, 0.5) is 10.5 Å². The molecule has 0 atom stereocenters. The van der Waals surface area contributed by atoms with E-state index in [4.69, 9.17) is 4.74 Å². The van der Waals surface area contributed by atoms with Gasteiger partial charge in [0.2, 0.25) is 0 Å². The predicted octanol–water partition coefficient (Wildman–Crippen LogP) is 1.79. The molecule has 0 N–H and O–H groups in total. The van der Waals surface area contributed by atoms with Crippen molar-refractivity contribution in [1.82, 2.24) is 0 Å². The molecular formula is C16H14NO5S-. The van der Waals surface area contributed by atoms with Crippen molar-refractivity contribution in [2.45, 2.75) is 4.90 Å². The zero-order chi connectivity index (χ0) is 16.9. The summed E-state index contributed by atoms with van der Waals surface area (Å²) in [5.74, 6) is 0.0366. The summed E-state index contributed by atoms with van der Waals surface area (Å²) >= 11 is 0. The largest absolute Gasteiger partial charge is 0.529 e. The van der Waals surface area contributed by atoms with E-state index >= 15 is 0 Å². The van der Waals surface area contributed by atoms with E-state index in [1.54, 1.807) is 12.1 Å². The lowest BCUT2D eigenvalue weighted by Gasteiger charge is -2.25. The Hall–Kier alpha value is -2.80. The number of ether oxygens (including phenoxy) is 1. The fraction of sp³-hybridized carbons (Fsp3) is 0.0625. The number of sulfonamides is 1. The molecule has 0 aliphatic heterocycles. The summed E-state index contributed by atoms with van der Waals surface area (Å²) in [4.78, 5) is 11.2. The molecule has 0 bridgehead atoms. The first kappa shape index (κ1) is 16.6. The molecule has 0 spiro atoms. The lowest BCUT2D eigenvalue weighted by atomic mass is 10.3. The van der Waals surface area contributed by atoms with Gasteiger partial charge in [-0.05, 0) is 24.3 Å². The van der Waals surface area contributed by atoms with Crippen molar-refractivity contribution >= 4 is 21.8 Å². The van der Waals surface area contributed by atoms with Gasteiger partial charge in [0.25, 0.3) is 10.0 Å². The van der Waals surface area contributed by atoms with Crippen LogP contribution in [0.2, 0.25) is 0 Å². The Morgan fingerprint density at radius 1 is 1.13 bits per heavy atom. The van der Waals surface area contributed by atoms with Crippen LogP contribution in [0.5, 0.6) is 5.75 Å². The minimum absolute atomic E-state index is 0.0361. The fourth-order valence-electron chi connectivity index (χ4n) is 1.94. The Balaban J connectivity index is 2.56. The number of hydrogen-bond donors (Lipinski definition) is 0. The number of benzene rings is 2. The second kappa shape index (κ2) is 6.97. The molecule has 120 valence electrons. The first-order valence-electron chi connectivity index (χ1n) is 6.62. The van der Waals surface area contributed by atoms with Gasteiger partial charge in [0.1, 0.15) is 17.3 Å². The van der Waals surface area contributed by atoms with Gasteiger partial charge in [0, 0.05) is 0 Å². The van der Waals surface area contributed by atoms with E-state index < -0.39 is 16.1 Å². The summed E-state index contributed by atoms with van der Waals surface area (Å²) in [5.41, 5.74) is -0.0361. The smallest absolute Gasteiger partial charge is 0.273 e. The second-order valence-electron chi connectivity index (χ2n) is 4.42. The monoisotopic (exact) mass is 332 g/mol. The molecule has 2 rings (SSSR count). The van der Waals surface area contributed by atoms with Crippen molar-refractivity contribution in [3.05, 3.63) is 67.3 Å². The van der Waals surface area contributed by atoms with Crippen molar-refractivity contribution in [3.63, 3.8) is 0 Å². The molecule has 0 saturated heterocycles. The fourth-order valence-corrected chi connectivity index (χ4v) is 3.36. The van der Waals surface area contributed by atoms with E-state index in [1.165, 1.54) is 48.5 Å². The summed E-state index contributed by atoms with van der Waals surface area (Å²) in [6.07, 6.45) is -0.397. The Morgan fingerprint density at radius 3 is 2.35 bits per heavy atom. The molecule has 0 saturated carbocycles. The van der Waals surface area contributed by atoms with Crippen LogP contribution in [-0.4, -0.2) is 21.1 Å². The maximum atomic E-state index is 12.8. The average Bonchev–Trinajstić information content (AvgIpc) is 2.53. The maximum absolute atomic E-state index is 12.8. The summed E-state index contributed by atoms with van der Waals surface area (Å²) < 4.78 is 31.0. The van der Waals surface area contributed by atoms with Crippen LogP contribution in [0.15, 0.2) is 72.1 Å². The van der Waals surface area contributed by atoms with Crippen molar-refractivity contribution < 1.29 is 23.1 Å². The van der Waals surface area contributed by atoms with E-state index in [-0.39, 0.29) is 27.2 Å². The zero-order valence-electron chi connectivity index (χ0n) is 12.1. The van der Waals surface area contributed by atoms with Gasteiger partial charge in [-0.25, -0.2) is 12.7 Å². The van der Waals surface area contributed by atoms with Gasteiger partial charge in [0.15, 0.2) is 6.09 Å². The Bertz CT molecular complexity index is 802. The van der Waals surface area contributed by atoms with Gasteiger partial charge < -0.3 is 14.6 Å². The van der Waals surface area contributed by atoms with Gasteiger partial charge in [0.05, 0.1) is 5.69 Å². The third-order valence-electron chi connectivity index (χ3n) is 2.88. The number of carbonyl (C=O) groups is 1. The summed E-state index contributed by atoms with van der Waals surface area (Å²) in [7, 11) is -4.40. The van der Waals surface area contributed by atoms with Crippen molar-refractivity contribution in [3.8, 4) is 5.75 Å². The summed E-state index contributed by atoms with van der Waals surface area (Å²) in [5, 5.41) is 11.4. The lowest BCUT2D eigenvalue weighted by Crippen LogP contribution is -2.45. The normalized spacial score (nSPS) is 10.8. The van der Waals surface area contributed by atoms with Gasteiger partial charge in [-0.1, -0.05) is 43.0 Å². The van der Waals surface area contributed by atoms with Crippen molar-refractivity contribution in [1.29, 1.82) is 0 Å². The highest BCUT2D eigenvalue weighted by Gasteiger charge is 2.29. The molecule has 23 heavy (non-hydrogen) atoms. The Morgan fingerprint density at radius 2 is 1.74 bits per heavy atom. The highest BCUT2D eigenvalue weighted by molar-refractivity contribution is 7.93. The molecule has 0 radical (unpaired) electrons. The van der Waals surface area contributed by atoms with Crippen molar-refractivity contribution in [2.75, 3.05) is 10.9 Å². The van der Waals surface area contributed by atoms with Crippen LogP contribution in [0.3, 0.4) is 0 Å². The molecule has 0 aliphatic carbocycles.